The summed E-state index contributed by atoms with van der Waals surface area (Å²) in [6.07, 6.45) is 4.29. The second-order valence-electron chi connectivity index (χ2n) is 5.21. The summed E-state index contributed by atoms with van der Waals surface area (Å²) in [5.74, 6) is -0.919. The lowest BCUT2D eigenvalue weighted by Crippen LogP contribution is -2.59. The van der Waals surface area contributed by atoms with Crippen LogP contribution in [0.2, 0.25) is 0 Å². The van der Waals surface area contributed by atoms with Gasteiger partial charge < -0.3 is 15.3 Å². The predicted octanol–water partition coefficient (Wildman–Crippen LogP) is 0.594. The molecule has 17 heavy (non-hydrogen) atoms. The van der Waals surface area contributed by atoms with Gasteiger partial charge in [0.2, 0.25) is 5.91 Å². The van der Waals surface area contributed by atoms with Gasteiger partial charge in [-0.15, -0.1) is 0 Å². The van der Waals surface area contributed by atoms with E-state index in [9.17, 15) is 9.59 Å². The average molecular weight is 240 g/mol. The summed E-state index contributed by atoms with van der Waals surface area (Å²) in [5.41, 5.74) is -0.559. The summed E-state index contributed by atoms with van der Waals surface area (Å²) >= 11 is 0. The van der Waals surface area contributed by atoms with Crippen LogP contribution in [0.3, 0.4) is 0 Å². The van der Waals surface area contributed by atoms with Crippen LogP contribution in [0.15, 0.2) is 0 Å². The Hall–Kier alpha value is -1.10. The third kappa shape index (κ3) is 2.29. The van der Waals surface area contributed by atoms with Crippen molar-refractivity contribution >= 4 is 11.9 Å². The van der Waals surface area contributed by atoms with Gasteiger partial charge in [0.1, 0.15) is 6.04 Å². The van der Waals surface area contributed by atoms with E-state index in [0.717, 1.165) is 32.2 Å². The zero-order chi connectivity index (χ0) is 12.5. The van der Waals surface area contributed by atoms with Gasteiger partial charge in [0.05, 0.1) is 5.54 Å². The van der Waals surface area contributed by atoms with E-state index in [0.29, 0.717) is 13.0 Å². The number of likely N-dealkylation sites (tertiary alicyclic amines) is 1. The van der Waals surface area contributed by atoms with Crippen LogP contribution in [0.4, 0.5) is 0 Å². The number of amides is 1. The van der Waals surface area contributed by atoms with Gasteiger partial charge in [0.15, 0.2) is 0 Å². The zero-order valence-corrected chi connectivity index (χ0v) is 10.2. The number of aliphatic carboxylic acids is 1. The van der Waals surface area contributed by atoms with Gasteiger partial charge in [-0.05, 0) is 45.6 Å². The molecule has 2 heterocycles. The number of hydrogen-bond donors (Lipinski definition) is 2. The van der Waals surface area contributed by atoms with E-state index >= 15 is 0 Å². The SMILES string of the molecule is CC1(C(=O)N2CCC[C@@H]2C(=O)O)CCCCN1. The van der Waals surface area contributed by atoms with Gasteiger partial charge in [-0.1, -0.05) is 0 Å². The fraction of sp³-hybridized carbons (Fsp3) is 0.833. The van der Waals surface area contributed by atoms with Crippen LogP contribution in [0.1, 0.15) is 39.0 Å². The molecule has 0 aromatic rings. The van der Waals surface area contributed by atoms with E-state index in [4.69, 9.17) is 5.11 Å². The molecule has 2 N–H and O–H groups in total. The Bertz CT molecular complexity index is 324. The Morgan fingerprint density at radius 1 is 1.35 bits per heavy atom. The summed E-state index contributed by atoms with van der Waals surface area (Å²) in [6.45, 7) is 3.31. The largest absolute Gasteiger partial charge is 0.480 e. The Morgan fingerprint density at radius 2 is 2.12 bits per heavy atom. The number of carboxylic acid groups (broad SMARTS) is 1. The molecular formula is C12H20N2O3. The Balaban J connectivity index is 2.10. The van der Waals surface area contributed by atoms with E-state index in [1.54, 1.807) is 4.90 Å². The number of carbonyl (C=O) groups excluding carboxylic acids is 1. The monoisotopic (exact) mass is 240 g/mol. The summed E-state index contributed by atoms with van der Waals surface area (Å²) in [7, 11) is 0. The quantitative estimate of drug-likeness (QED) is 0.741. The van der Waals surface area contributed by atoms with E-state index in [1.807, 2.05) is 6.92 Å². The molecule has 96 valence electrons. The van der Waals surface area contributed by atoms with Crippen molar-refractivity contribution in [2.24, 2.45) is 0 Å². The van der Waals surface area contributed by atoms with Gasteiger partial charge in [0.25, 0.3) is 0 Å². The molecule has 0 radical (unpaired) electrons. The Labute approximate surface area is 101 Å². The summed E-state index contributed by atoms with van der Waals surface area (Å²) in [4.78, 5) is 25.1. The minimum atomic E-state index is -0.879. The maximum Gasteiger partial charge on any atom is 0.326 e. The van der Waals surface area contributed by atoms with Crippen LogP contribution in [0, 0.1) is 0 Å². The molecule has 1 amide bonds. The molecule has 5 nitrogen and oxygen atoms in total. The maximum absolute atomic E-state index is 12.4. The zero-order valence-electron chi connectivity index (χ0n) is 10.2. The number of nitrogens with zero attached hydrogens (tertiary/aromatic N) is 1. The molecule has 5 heteroatoms. The van der Waals surface area contributed by atoms with Crippen molar-refractivity contribution < 1.29 is 14.7 Å². The molecule has 0 bridgehead atoms. The molecule has 2 aliphatic heterocycles. The second kappa shape index (κ2) is 4.64. The van der Waals surface area contributed by atoms with E-state index < -0.39 is 17.6 Å². The third-order valence-corrected chi connectivity index (χ3v) is 3.89. The lowest BCUT2D eigenvalue weighted by Gasteiger charge is -2.37. The van der Waals surface area contributed by atoms with E-state index in [-0.39, 0.29) is 5.91 Å². The first-order valence-corrected chi connectivity index (χ1v) is 6.33. The molecule has 0 aromatic heterocycles. The minimum absolute atomic E-state index is 0.0397. The van der Waals surface area contributed by atoms with Gasteiger partial charge >= 0.3 is 5.97 Å². The van der Waals surface area contributed by atoms with Gasteiger partial charge in [-0.2, -0.15) is 0 Å². The Kier molecular flexibility index (Phi) is 3.38. The average Bonchev–Trinajstić information content (AvgIpc) is 2.77. The molecule has 2 aliphatic rings. The second-order valence-corrected chi connectivity index (χ2v) is 5.21. The molecule has 2 rings (SSSR count). The number of piperidine rings is 1. The van der Waals surface area contributed by atoms with Crippen molar-refractivity contribution in [2.45, 2.75) is 50.6 Å². The molecule has 2 fully saturated rings. The fourth-order valence-corrected chi connectivity index (χ4v) is 2.82. The molecule has 2 atom stereocenters. The highest BCUT2D eigenvalue weighted by Gasteiger charge is 2.43. The van der Waals surface area contributed by atoms with Crippen LogP contribution < -0.4 is 5.32 Å². The first-order chi connectivity index (χ1) is 8.04. The fourth-order valence-electron chi connectivity index (χ4n) is 2.82. The van der Waals surface area contributed by atoms with Crippen LogP contribution >= 0.6 is 0 Å². The molecule has 0 aliphatic carbocycles. The van der Waals surface area contributed by atoms with E-state index in [2.05, 4.69) is 5.32 Å². The smallest absolute Gasteiger partial charge is 0.326 e. The highest BCUT2D eigenvalue weighted by Crippen LogP contribution is 2.26. The lowest BCUT2D eigenvalue weighted by molar-refractivity contribution is -0.151. The van der Waals surface area contributed by atoms with Crippen molar-refractivity contribution in [1.29, 1.82) is 0 Å². The predicted molar refractivity (Wildman–Crippen MR) is 62.6 cm³/mol. The first-order valence-electron chi connectivity index (χ1n) is 6.33. The van der Waals surface area contributed by atoms with Gasteiger partial charge in [-0.25, -0.2) is 4.79 Å². The van der Waals surface area contributed by atoms with Crippen molar-refractivity contribution in [1.82, 2.24) is 10.2 Å². The van der Waals surface area contributed by atoms with Crippen LogP contribution in [0.5, 0.6) is 0 Å². The first kappa shape index (κ1) is 12.4. The molecule has 0 spiro atoms. The van der Waals surface area contributed by atoms with Crippen LogP contribution in [-0.4, -0.2) is 46.6 Å². The Morgan fingerprint density at radius 3 is 2.71 bits per heavy atom. The van der Waals surface area contributed by atoms with Gasteiger partial charge in [0, 0.05) is 6.54 Å². The lowest BCUT2D eigenvalue weighted by atomic mass is 9.89. The number of carbonyl (C=O) groups is 2. The van der Waals surface area contributed by atoms with Crippen molar-refractivity contribution in [3.05, 3.63) is 0 Å². The normalized spacial score (nSPS) is 33.7. The number of hydrogen-bond acceptors (Lipinski definition) is 3. The number of rotatable bonds is 2. The third-order valence-electron chi connectivity index (χ3n) is 3.89. The standard InChI is InChI=1S/C12H20N2O3/c1-12(6-2-3-7-13-12)11(17)14-8-4-5-9(14)10(15)16/h9,13H,2-8H2,1H3,(H,15,16)/t9-,12?/m1/s1. The van der Waals surface area contributed by atoms with E-state index in [1.165, 1.54) is 0 Å². The molecule has 1 unspecified atom stereocenters. The topological polar surface area (TPSA) is 69.6 Å². The summed E-state index contributed by atoms with van der Waals surface area (Å²) in [6, 6.07) is -0.622. The highest BCUT2D eigenvalue weighted by molar-refractivity contribution is 5.90. The van der Waals surface area contributed by atoms with Gasteiger partial charge in [-0.3, -0.25) is 4.79 Å². The number of nitrogens with one attached hydrogen (secondary N) is 1. The number of carboxylic acids is 1. The minimum Gasteiger partial charge on any atom is -0.480 e. The highest BCUT2D eigenvalue weighted by atomic mass is 16.4. The van der Waals surface area contributed by atoms with Crippen LogP contribution in [-0.2, 0) is 9.59 Å². The summed E-state index contributed by atoms with van der Waals surface area (Å²) < 4.78 is 0. The van der Waals surface area contributed by atoms with Crippen molar-refractivity contribution in [2.75, 3.05) is 13.1 Å². The van der Waals surface area contributed by atoms with Crippen LogP contribution in [0.25, 0.3) is 0 Å². The van der Waals surface area contributed by atoms with Crippen molar-refractivity contribution in [3.8, 4) is 0 Å². The summed E-state index contributed by atoms with van der Waals surface area (Å²) in [5, 5.41) is 12.3. The molecule has 0 aromatic carbocycles. The molecule has 0 saturated carbocycles. The van der Waals surface area contributed by atoms with Crippen molar-refractivity contribution in [3.63, 3.8) is 0 Å². The molecule has 2 saturated heterocycles. The molecular weight excluding hydrogens is 220 g/mol. The maximum atomic E-state index is 12.4.